The average molecular weight is 483 g/mol. The molecule has 0 unspecified atom stereocenters. The highest BCUT2D eigenvalue weighted by Gasteiger charge is 2.30. The fourth-order valence-corrected chi connectivity index (χ4v) is 5.08. The number of rotatable bonds is 6. The van der Waals surface area contributed by atoms with E-state index in [2.05, 4.69) is 0 Å². The van der Waals surface area contributed by atoms with Crippen LogP contribution < -0.4 is 0 Å². The normalized spacial score (nSPS) is 11.9. The van der Waals surface area contributed by atoms with Crippen molar-refractivity contribution in [2.45, 2.75) is 18.0 Å². The maximum Gasteiger partial charge on any atom is 0.245 e. The molecule has 3 aromatic rings. The van der Waals surface area contributed by atoms with Crippen molar-refractivity contribution in [2.24, 2.45) is 0 Å². The summed E-state index contributed by atoms with van der Waals surface area (Å²) in [4.78, 5) is -0.261. The van der Waals surface area contributed by atoms with Gasteiger partial charge in [0.15, 0.2) is 0 Å². The van der Waals surface area contributed by atoms with E-state index in [9.17, 15) is 12.8 Å². The Morgan fingerprint density at radius 3 is 2.25 bits per heavy atom. The zero-order valence-electron chi connectivity index (χ0n) is 14.0. The lowest BCUT2D eigenvalue weighted by atomic mass is 10.2. The number of nitrogens with zero attached hydrogens (tertiary/aromatic N) is 1. The van der Waals surface area contributed by atoms with Crippen molar-refractivity contribution in [3.63, 3.8) is 0 Å². The molecule has 4 nitrogen and oxygen atoms in total. The summed E-state index contributed by atoms with van der Waals surface area (Å²) < 4.78 is 47.1. The molecule has 0 saturated heterocycles. The van der Waals surface area contributed by atoms with Crippen LogP contribution in [0.15, 0.2) is 58.0 Å². The maximum atomic E-state index is 14.3. The number of halogens is 5. The van der Waals surface area contributed by atoms with E-state index < -0.39 is 15.8 Å². The third kappa shape index (κ3) is 4.48. The summed E-state index contributed by atoms with van der Waals surface area (Å²) in [6, 6.07) is 9.71. The second kappa shape index (κ2) is 8.61. The van der Waals surface area contributed by atoms with Gasteiger partial charge < -0.3 is 4.42 Å². The third-order valence-corrected chi connectivity index (χ3v) is 7.23. The SMILES string of the molecule is O=S(=O)(c1cc(Cl)c(Cl)cc1Cl)N(Cc1ccco1)Cc1c(F)cccc1Cl. The smallest absolute Gasteiger partial charge is 0.245 e. The topological polar surface area (TPSA) is 50.5 Å². The molecule has 2 aromatic carbocycles. The van der Waals surface area contributed by atoms with Gasteiger partial charge in [0.25, 0.3) is 0 Å². The minimum Gasteiger partial charge on any atom is -0.468 e. The van der Waals surface area contributed by atoms with E-state index in [1.165, 1.54) is 30.5 Å². The highest BCUT2D eigenvalue weighted by Crippen LogP contribution is 2.34. The fraction of sp³-hybridized carbons (Fsp3) is 0.111. The molecule has 0 spiro atoms. The average Bonchev–Trinajstić information content (AvgIpc) is 3.13. The Kier molecular flexibility index (Phi) is 6.59. The van der Waals surface area contributed by atoms with E-state index in [4.69, 9.17) is 50.8 Å². The van der Waals surface area contributed by atoms with Gasteiger partial charge in [0.2, 0.25) is 10.0 Å². The van der Waals surface area contributed by atoms with E-state index in [0.29, 0.717) is 5.76 Å². The Balaban J connectivity index is 2.09. The van der Waals surface area contributed by atoms with E-state index >= 15 is 0 Å². The van der Waals surface area contributed by atoms with Crippen molar-refractivity contribution in [1.29, 1.82) is 0 Å². The summed E-state index contributed by atoms with van der Waals surface area (Å²) in [5, 5.41) is 0.116. The van der Waals surface area contributed by atoms with Crippen molar-refractivity contribution >= 4 is 56.4 Å². The van der Waals surface area contributed by atoms with Gasteiger partial charge in [-0.1, -0.05) is 52.5 Å². The number of hydrogen-bond acceptors (Lipinski definition) is 3. The lowest BCUT2D eigenvalue weighted by molar-refractivity contribution is 0.354. The molecule has 1 aromatic heterocycles. The molecule has 0 amide bonds. The molecule has 0 aliphatic rings. The zero-order valence-corrected chi connectivity index (χ0v) is 17.8. The van der Waals surface area contributed by atoms with Gasteiger partial charge in [-0.3, -0.25) is 0 Å². The van der Waals surface area contributed by atoms with Crippen LogP contribution in [0.25, 0.3) is 0 Å². The van der Waals surface area contributed by atoms with Gasteiger partial charge in [-0.2, -0.15) is 4.31 Å². The second-order valence-corrected chi connectivity index (χ2v) is 9.28. The first-order chi connectivity index (χ1) is 13.2. The maximum absolute atomic E-state index is 14.3. The Morgan fingerprint density at radius 2 is 1.61 bits per heavy atom. The van der Waals surface area contributed by atoms with E-state index in [-0.39, 0.29) is 43.6 Å². The monoisotopic (exact) mass is 481 g/mol. The summed E-state index contributed by atoms with van der Waals surface area (Å²) in [5.74, 6) is -0.278. The van der Waals surface area contributed by atoms with Crippen molar-refractivity contribution in [3.8, 4) is 0 Å². The van der Waals surface area contributed by atoms with Gasteiger partial charge >= 0.3 is 0 Å². The van der Waals surface area contributed by atoms with Crippen LogP contribution in [0.5, 0.6) is 0 Å². The van der Waals surface area contributed by atoms with Gasteiger partial charge in [-0.25, -0.2) is 12.8 Å². The van der Waals surface area contributed by atoms with Crippen molar-refractivity contribution < 1.29 is 17.2 Å². The molecule has 0 fully saturated rings. The van der Waals surface area contributed by atoms with Gasteiger partial charge in [-0.15, -0.1) is 0 Å². The predicted molar refractivity (Wildman–Crippen MR) is 108 cm³/mol. The number of benzene rings is 2. The minimum absolute atomic E-state index is 0.0199. The Morgan fingerprint density at radius 1 is 0.893 bits per heavy atom. The highest BCUT2D eigenvalue weighted by molar-refractivity contribution is 7.89. The largest absolute Gasteiger partial charge is 0.468 e. The van der Waals surface area contributed by atoms with Crippen LogP contribution >= 0.6 is 46.4 Å². The molecule has 10 heteroatoms. The van der Waals surface area contributed by atoms with Gasteiger partial charge in [0, 0.05) is 17.1 Å². The number of furan rings is 1. The molecule has 3 rings (SSSR count). The van der Waals surface area contributed by atoms with Crippen molar-refractivity contribution in [2.75, 3.05) is 0 Å². The van der Waals surface area contributed by atoms with Crippen LogP contribution in [-0.4, -0.2) is 12.7 Å². The standard InChI is InChI=1S/C18H12Cl4FNO3S/c19-13-4-1-5-17(23)12(13)10-24(9-11-3-2-6-27-11)28(25,26)18-8-15(21)14(20)7-16(18)22/h1-8H,9-10H2. The summed E-state index contributed by atoms with van der Waals surface area (Å²) in [6.07, 6.45) is 1.41. The first kappa shape index (κ1) is 21.4. The fourth-order valence-electron chi connectivity index (χ4n) is 2.50. The van der Waals surface area contributed by atoms with Gasteiger partial charge in [-0.05, 0) is 36.4 Å². The molecule has 0 aliphatic carbocycles. The molecule has 1 heterocycles. The molecule has 0 N–H and O–H groups in total. The van der Waals surface area contributed by atoms with Crippen LogP contribution in [0.4, 0.5) is 4.39 Å². The molecule has 0 saturated carbocycles. The van der Waals surface area contributed by atoms with Crippen LogP contribution in [-0.2, 0) is 23.1 Å². The van der Waals surface area contributed by atoms with Crippen LogP contribution in [0, 0.1) is 5.82 Å². The molecule has 0 aliphatic heterocycles. The lowest BCUT2D eigenvalue weighted by Crippen LogP contribution is -2.31. The molecule has 0 bridgehead atoms. The molecular formula is C18H12Cl4FNO3S. The summed E-state index contributed by atoms with van der Waals surface area (Å²) in [6.45, 7) is -0.512. The second-order valence-electron chi connectivity index (χ2n) is 5.75. The summed E-state index contributed by atoms with van der Waals surface area (Å²) in [7, 11) is -4.21. The molecule has 0 radical (unpaired) electrons. The van der Waals surface area contributed by atoms with E-state index in [0.717, 1.165) is 10.4 Å². The molecule has 148 valence electrons. The van der Waals surface area contributed by atoms with Crippen molar-refractivity contribution in [3.05, 3.63) is 86.0 Å². The molecule has 0 atom stereocenters. The van der Waals surface area contributed by atoms with Crippen LogP contribution in [0.2, 0.25) is 20.1 Å². The Bertz CT molecular complexity index is 1080. The predicted octanol–water partition coefficient (Wildman–Crippen LogP) is 6.42. The minimum atomic E-state index is -4.21. The highest BCUT2D eigenvalue weighted by atomic mass is 35.5. The van der Waals surface area contributed by atoms with E-state index in [1.54, 1.807) is 12.1 Å². The first-order valence-electron chi connectivity index (χ1n) is 7.80. The quantitative estimate of drug-likeness (QED) is 0.380. The van der Waals surface area contributed by atoms with E-state index in [1.807, 2.05) is 0 Å². The molecule has 28 heavy (non-hydrogen) atoms. The third-order valence-electron chi connectivity index (χ3n) is 3.90. The number of sulfonamides is 1. The first-order valence-corrected chi connectivity index (χ1v) is 10.8. The van der Waals surface area contributed by atoms with Crippen molar-refractivity contribution in [1.82, 2.24) is 4.31 Å². The lowest BCUT2D eigenvalue weighted by Gasteiger charge is -2.23. The molecular weight excluding hydrogens is 471 g/mol. The number of hydrogen-bond donors (Lipinski definition) is 0. The van der Waals surface area contributed by atoms with Gasteiger partial charge in [0.1, 0.15) is 16.5 Å². The Hall–Kier alpha value is -1.28. The Labute approximate surface area is 181 Å². The summed E-state index contributed by atoms with van der Waals surface area (Å²) in [5.41, 5.74) is 0.0236. The van der Waals surface area contributed by atoms with Crippen LogP contribution in [0.1, 0.15) is 11.3 Å². The van der Waals surface area contributed by atoms with Gasteiger partial charge in [0.05, 0.1) is 27.9 Å². The van der Waals surface area contributed by atoms with Crippen LogP contribution in [0.3, 0.4) is 0 Å². The summed E-state index contributed by atoms with van der Waals surface area (Å²) >= 11 is 24.1. The zero-order chi connectivity index (χ0) is 20.5.